The van der Waals surface area contributed by atoms with Crippen LogP contribution >= 0.6 is 11.8 Å². The van der Waals surface area contributed by atoms with Crippen LogP contribution in [0.1, 0.15) is 23.8 Å². The predicted molar refractivity (Wildman–Crippen MR) is 86.3 cm³/mol. The first kappa shape index (κ1) is 14.9. The molecule has 0 radical (unpaired) electrons. The third kappa shape index (κ3) is 3.31. The second-order valence-corrected chi connectivity index (χ2v) is 5.92. The highest BCUT2D eigenvalue weighted by atomic mass is 32.2. The van der Waals surface area contributed by atoms with Gasteiger partial charge in [-0.1, -0.05) is 24.3 Å². The molecule has 0 saturated heterocycles. The van der Waals surface area contributed by atoms with Gasteiger partial charge in [0.1, 0.15) is 5.69 Å². The van der Waals surface area contributed by atoms with E-state index < -0.39 is 0 Å². The molecule has 0 N–H and O–H groups in total. The number of pyridine rings is 1. The Balaban J connectivity index is 2.17. The largest absolute Gasteiger partial charge is 0.338 e. The molecule has 0 fully saturated rings. The van der Waals surface area contributed by atoms with E-state index in [1.807, 2.05) is 43.4 Å². The van der Waals surface area contributed by atoms with Gasteiger partial charge in [0, 0.05) is 18.5 Å². The number of rotatable bonds is 5. The third-order valence-electron chi connectivity index (χ3n) is 3.54. The lowest BCUT2D eigenvalue weighted by Gasteiger charge is -2.24. The second-order valence-electron chi connectivity index (χ2n) is 4.94. The van der Waals surface area contributed by atoms with Crippen molar-refractivity contribution < 1.29 is 4.79 Å². The lowest BCUT2D eigenvalue weighted by molar-refractivity contribution is 0.0736. The van der Waals surface area contributed by atoms with E-state index in [0.29, 0.717) is 5.69 Å². The topological polar surface area (TPSA) is 33.2 Å². The van der Waals surface area contributed by atoms with Gasteiger partial charge < -0.3 is 4.90 Å². The minimum Gasteiger partial charge on any atom is -0.338 e. The smallest absolute Gasteiger partial charge is 0.272 e. The fraction of sp³-hybridized carbons (Fsp3) is 0.375. The predicted octanol–water partition coefficient (Wildman–Crippen LogP) is 3.45. The Kier molecular flexibility index (Phi) is 5.01. The number of hydrogen-bond acceptors (Lipinski definition) is 3. The second kappa shape index (κ2) is 6.75. The van der Waals surface area contributed by atoms with Gasteiger partial charge in [-0.15, -0.1) is 0 Å². The molecule has 0 saturated carbocycles. The maximum absolute atomic E-state index is 12.4. The summed E-state index contributed by atoms with van der Waals surface area (Å²) in [4.78, 5) is 18.7. The highest BCUT2D eigenvalue weighted by Crippen LogP contribution is 2.14. The van der Waals surface area contributed by atoms with Gasteiger partial charge in [0.05, 0.1) is 5.52 Å². The van der Waals surface area contributed by atoms with Crippen molar-refractivity contribution in [2.24, 2.45) is 0 Å². The number of carbonyl (C=O) groups is 1. The van der Waals surface area contributed by atoms with Crippen molar-refractivity contribution in [1.29, 1.82) is 0 Å². The average Bonchev–Trinajstić information content (AvgIpc) is 2.50. The zero-order chi connectivity index (χ0) is 14.5. The lowest BCUT2D eigenvalue weighted by Crippen LogP contribution is -2.35. The van der Waals surface area contributed by atoms with Gasteiger partial charge in [0.15, 0.2) is 0 Å². The summed E-state index contributed by atoms with van der Waals surface area (Å²) in [7, 11) is 1.85. The van der Waals surface area contributed by atoms with Gasteiger partial charge in [-0.25, -0.2) is 4.98 Å². The average molecular weight is 288 g/mol. The number of carbonyl (C=O) groups excluding carboxylic acids is 1. The molecule has 0 unspecified atom stereocenters. The molecule has 1 aromatic heterocycles. The van der Waals surface area contributed by atoms with Gasteiger partial charge in [-0.3, -0.25) is 4.79 Å². The number of nitrogens with zero attached hydrogens (tertiary/aromatic N) is 2. The summed E-state index contributed by atoms with van der Waals surface area (Å²) in [5, 5.41) is 1.06. The van der Waals surface area contributed by atoms with E-state index in [1.165, 1.54) is 0 Å². The summed E-state index contributed by atoms with van der Waals surface area (Å²) < 4.78 is 0. The van der Waals surface area contributed by atoms with Gasteiger partial charge >= 0.3 is 0 Å². The number of fused-ring (bicyclic) bond motifs is 1. The van der Waals surface area contributed by atoms with Crippen molar-refractivity contribution in [1.82, 2.24) is 9.88 Å². The molecular formula is C16H20N2OS. The zero-order valence-corrected chi connectivity index (χ0v) is 13.0. The van der Waals surface area contributed by atoms with Gasteiger partial charge in [0.25, 0.3) is 5.91 Å². The minimum atomic E-state index is -0.00986. The number of para-hydroxylation sites is 1. The number of hydrogen-bond donors (Lipinski definition) is 0. The van der Waals surface area contributed by atoms with E-state index in [1.54, 1.807) is 16.7 Å². The summed E-state index contributed by atoms with van der Waals surface area (Å²) >= 11 is 1.80. The van der Waals surface area contributed by atoms with E-state index in [2.05, 4.69) is 18.2 Å². The summed E-state index contributed by atoms with van der Waals surface area (Å²) in [6.07, 6.45) is 3.08. The molecule has 20 heavy (non-hydrogen) atoms. The van der Waals surface area contributed by atoms with Crippen molar-refractivity contribution in [3.63, 3.8) is 0 Å². The Morgan fingerprint density at radius 3 is 2.80 bits per heavy atom. The zero-order valence-electron chi connectivity index (χ0n) is 12.2. The van der Waals surface area contributed by atoms with Crippen LogP contribution in [-0.2, 0) is 0 Å². The molecule has 1 heterocycles. The van der Waals surface area contributed by atoms with Crippen molar-refractivity contribution in [2.75, 3.05) is 19.1 Å². The third-order valence-corrected chi connectivity index (χ3v) is 4.18. The van der Waals surface area contributed by atoms with Crippen LogP contribution in [0.5, 0.6) is 0 Å². The van der Waals surface area contributed by atoms with Crippen molar-refractivity contribution >= 4 is 28.6 Å². The monoisotopic (exact) mass is 288 g/mol. The molecule has 1 amide bonds. The summed E-state index contributed by atoms with van der Waals surface area (Å²) in [5.41, 5.74) is 1.38. The molecule has 0 aliphatic heterocycles. The van der Waals surface area contributed by atoms with Gasteiger partial charge in [0.2, 0.25) is 0 Å². The molecule has 2 rings (SSSR count). The van der Waals surface area contributed by atoms with E-state index in [-0.39, 0.29) is 11.9 Å². The van der Waals surface area contributed by atoms with E-state index in [0.717, 1.165) is 23.1 Å². The van der Waals surface area contributed by atoms with E-state index >= 15 is 0 Å². The molecule has 3 nitrogen and oxygen atoms in total. The normalized spacial score (nSPS) is 12.3. The summed E-state index contributed by atoms with van der Waals surface area (Å²) in [6, 6.07) is 11.8. The molecule has 4 heteroatoms. The first-order chi connectivity index (χ1) is 9.63. The fourth-order valence-corrected chi connectivity index (χ4v) is 2.62. The fourth-order valence-electron chi connectivity index (χ4n) is 2.05. The molecule has 1 aromatic carbocycles. The molecular weight excluding hydrogens is 268 g/mol. The Hall–Kier alpha value is -1.55. The molecule has 106 valence electrons. The van der Waals surface area contributed by atoms with Crippen molar-refractivity contribution in [2.45, 2.75) is 19.4 Å². The standard InChI is InChI=1S/C16H20N2OS/c1-12(10-11-20-3)18(2)16(19)15-9-8-13-6-4-5-7-14(13)17-15/h4-9,12H,10-11H2,1-3H3/t12-/m1/s1. The first-order valence-electron chi connectivity index (χ1n) is 6.75. The number of aromatic nitrogens is 1. The molecule has 0 spiro atoms. The van der Waals surface area contributed by atoms with Crippen LogP contribution in [0.4, 0.5) is 0 Å². The number of amides is 1. The van der Waals surface area contributed by atoms with E-state index in [4.69, 9.17) is 0 Å². The van der Waals surface area contributed by atoms with Crippen LogP contribution < -0.4 is 0 Å². The molecule has 0 aliphatic carbocycles. The van der Waals surface area contributed by atoms with Gasteiger partial charge in [-0.05, 0) is 37.5 Å². The molecule has 0 aliphatic rings. The van der Waals surface area contributed by atoms with Crippen molar-refractivity contribution in [3.8, 4) is 0 Å². The summed E-state index contributed by atoms with van der Waals surface area (Å²) in [5.74, 6) is 1.05. The van der Waals surface area contributed by atoms with Crippen LogP contribution in [-0.4, -0.2) is 40.9 Å². The SMILES string of the molecule is CSCC[C@@H](C)N(C)C(=O)c1ccc2ccccc2n1. The van der Waals surface area contributed by atoms with Crippen LogP contribution in [0.3, 0.4) is 0 Å². The van der Waals surface area contributed by atoms with Crippen LogP contribution in [0.25, 0.3) is 10.9 Å². The summed E-state index contributed by atoms with van der Waals surface area (Å²) in [6.45, 7) is 2.08. The Morgan fingerprint density at radius 1 is 1.30 bits per heavy atom. The highest BCUT2D eigenvalue weighted by Gasteiger charge is 2.18. The van der Waals surface area contributed by atoms with Crippen LogP contribution in [0, 0.1) is 0 Å². The molecule has 1 atom stereocenters. The Labute approximate surface area is 124 Å². The van der Waals surface area contributed by atoms with Gasteiger partial charge in [-0.2, -0.15) is 11.8 Å². The van der Waals surface area contributed by atoms with Crippen molar-refractivity contribution in [3.05, 3.63) is 42.1 Å². The Bertz CT molecular complexity index is 600. The highest BCUT2D eigenvalue weighted by molar-refractivity contribution is 7.98. The quantitative estimate of drug-likeness (QED) is 0.845. The van der Waals surface area contributed by atoms with Crippen LogP contribution in [0.15, 0.2) is 36.4 Å². The number of thioether (sulfide) groups is 1. The molecule has 0 bridgehead atoms. The van der Waals surface area contributed by atoms with E-state index in [9.17, 15) is 4.79 Å². The maximum atomic E-state index is 12.4. The maximum Gasteiger partial charge on any atom is 0.272 e. The first-order valence-corrected chi connectivity index (χ1v) is 8.14. The minimum absolute atomic E-state index is 0.00986. The van der Waals surface area contributed by atoms with Crippen LogP contribution in [0.2, 0.25) is 0 Å². The number of benzene rings is 1. The lowest BCUT2D eigenvalue weighted by atomic mass is 10.1. The molecule has 2 aromatic rings. The Morgan fingerprint density at radius 2 is 2.05 bits per heavy atom.